The molecule has 0 saturated carbocycles. The average molecular weight is 470 g/mol. The van der Waals surface area contributed by atoms with Crippen molar-refractivity contribution in [2.75, 3.05) is 18.0 Å². The Kier molecular flexibility index (Phi) is 7.56. The number of aromatic hydroxyl groups is 1. The number of esters is 1. The van der Waals surface area contributed by atoms with Gasteiger partial charge in [0.1, 0.15) is 0 Å². The summed E-state index contributed by atoms with van der Waals surface area (Å²) in [5.41, 5.74) is 3.73. The molecule has 0 spiro atoms. The van der Waals surface area contributed by atoms with Gasteiger partial charge < -0.3 is 19.5 Å². The topological polar surface area (TPSA) is 84.8 Å². The smallest absolute Gasteiger partial charge is 0.340 e. The first-order valence-electron chi connectivity index (χ1n) is 12.1. The SMILES string of the molecule is Cc1ncc(-c2ccc(O)nc2)c(N2CCC(C)(C)CC2)c1[C@H](OC(C)(C)C)C(=O)OC(C)C. The fourth-order valence-corrected chi connectivity index (χ4v) is 4.23. The third kappa shape index (κ3) is 6.26. The average Bonchev–Trinajstić information content (AvgIpc) is 2.72. The van der Waals surface area contributed by atoms with Gasteiger partial charge in [-0.3, -0.25) is 4.98 Å². The van der Waals surface area contributed by atoms with Crippen LogP contribution in [0.15, 0.2) is 24.5 Å². The summed E-state index contributed by atoms with van der Waals surface area (Å²) < 4.78 is 12.0. The second kappa shape index (κ2) is 9.90. The minimum Gasteiger partial charge on any atom is -0.493 e. The maximum atomic E-state index is 13.4. The molecule has 34 heavy (non-hydrogen) atoms. The van der Waals surface area contributed by atoms with Crippen molar-refractivity contribution in [3.8, 4) is 17.0 Å². The van der Waals surface area contributed by atoms with Crippen LogP contribution in [-0.4, -0.2) is 45.8 Å². The zero-order valence-electron chi connectivity index (χ0n) is 21.8. The molecule has 0 radical (unpaired) electrons. The van der Waals surface area contributed by atoms with E-state index in [1.165, 1.54) is 0 Å². The first kappa shape index (κ1) is 25.9. The quantitative estimate of drug-likeness (QED) is 0.552. The number of carbonyl (C=O) groups excluding carboxylic acids is 1. The summed E-state index contributed by atoms with van der Waals surface area (Å²) in [7, 11) is 0. The number of pyridine rings is 2. The van der Waals surface area contributed by atoms with Crippen molar-refractivity contribution in [1.82, 2.24) is 9.97 Å². The van der Waals surface area contributed by atoms with Gasteiger partial charge in [-0.05, 0) is 65.9 Å². The van der Waals surface area contributed by atoms with Gasteiger partial charge in [-0.2, -0.15) is 0 Å². The van der Waals surface area contributed by atoms with Crippen molar-refractivity contribution < 1.29 is 19.4 Å². The molecule has 1 N–H and O–H groups in total. The van der Waals surface area contributed by atoms with Crippen LogP contribution < -0.4 is 4.90 Å². The molecule has 2 aromatic heterocycles. The van der Waals surface area contributed by atoms with Crippen molar-refractivity contribution >= 4 is 11.7 Å². The van der Waals surface area contributed by atoms with Crippen LogP contribution in [0.3, 0.4) is 0 Å². The largest absolute Gasteiger partial charge is 0.493 e. The van der Waals surface area contributed by atoms with Gasteiger partial charge in [0.25, 0.3) is 0 Å². The maximum Gasteiger partial charge on any atom is 0.340 e. The Morgan fingerprint density at radius 3 is 2.29 bits per heavy atom. The van der Waals surface area contributed by atoms with Crippen molar-refractivity contribution in [1.29, 1.82) is 0 Å². The van der Waals surface area contributed by atoms with Gasteiger partial charge in [-0.15, -0.1) is 0 Å². The van der Waals surface area contributed by atoms with Crippen LogP contribution in [0.25, 0.3) is 11.1 Å². The lowest BCUT2D eigenvalue weighted by Crippen LogP contribution is -2.39. The van der Waals surface area contributed by atoms with Crippen molar-refractivity contribution in [2.45, 2.75) is 86.0 Å². The van der Waals surface area contributed by atoms with Crippen LogP contribution in [0.2, 0.25) is 0 Å². The highest BCUT2D eigenvalue weighted by Crippen LogP contribution is 2.43. The molecule has 2 aromatic rings. The van der Waals surface area contributed by atoms with E-state index in [9.17, 15) is 9.90 Å². The Balaban J connectivity index is 2.23. The van der Waals surface area contributed by atoms with E-state index in [-0.39, 0.29) is 17.4 Å². The molecule has 0 amide bonds. The predicted molar refractivity (Wildman–Crippen MR) is 134 cm³/mol. The molecule has 0 aliphatic carbocycles. The van der Waals surface area contributed by atoms with Gasteiger partial charge in [0.2, 0.25) is 5.88 Å². The lowest BCUT2D eigenvalue weighted by molar-refractivity contribution is -0.171. The van der Waals surface area contributed by atoms with Crippen molar-refractivity contribution in [3.63, 3.8) is 0 Å². The molecule has 3 rings (SSSR count). The molecule has 7 heteroatoms. The molecular formula is C27H39N3O4. The molecule has 0 unspecified atom stereocenters. The molecule has 1 atom stereocenters. The van der Waals surface area contributed by atoms with Crippen LogP contribution in [0.5, 0.6) is 5.88 Å². The van der Waals surface area contributed by atoms with E-state index in [1.54, 1.807) is 12.3 Å². The Hall–Kier alpha value is -2.67. The van der Waals surface area contributed by atoms with Gasteiger partial charge in [0, 0.05) is 53.9 Å². The van der Waals surface area contributed by atoms with E-state index < -0.39 is 17.7 Å². The molecule has 186 valence electrons. The monoisotopic (exact) mass is 469 g/mol. The summed E-state index contributed by atoms with van der Waals surface area (Å²) in [5, 5.41) is 9.73. The second-order valence-corrected chi connectivity index (χ2v) is 11.2. The van der Waals surface area contributed by atoms with Gasteiger partial charge in [0.05, 0.1) is 17.4 Å². The summed E-state index contributed by atoms with van der Waals surface area (Å²) in [5.74, 6) is -0.464. The number of hydrogen-bond acceptors (Lipinski definition) is 7. The number of piperidine rings is 1. The highest BCUT2D eigenvalue weighted by Gasteiger charge is 2.37. The summed E-state index contributed by atoms with van der Waals surface area (Å²) in [6.45, 7) is 17.7. The molecule has 0 aromatic carbocycles. The molecule has 0 bridgehead atoms. The minimum absolute atomic E-state index is 0.0419. The third-order valence-electron chi connectivity index (χ3n) is 6.08. The first-order chi connectivity index (χ1) is 15.8. The number of aryl methyl sites for hydroxylation is 1. The lowest BCUT2D eigenvalue weighted by atomic mass is 9.82. The van der Waals surface area contributed by atoms with Gasteiger partial charge in [0.15, 0.2) is 6.10 Å². The fourth-order valence-electron chi connectivity index (χ4n) is 4.23. The van der Waals surface area contributed by atoms with Crippen molar-refractivity contribution in [2.24, 2.45) is 5.41 Å². The van der Waals surface area contributed by atoms with E-state index in [0.717, 1.165) is 54.0 Å². The van der Waals surface area contributed by atoms with Crippen LogP contribution in [0, 0.1) is 12.3 Å². The van der Waals surface area contributed by atoms with E-state index in [4.69, 9.17) is 9.47 Å². The normalized spacial score (nSPS) is 17.0. The van der Waals surface area contributed by atoms with Gasteiger partial charge in [-0.25, -0.2) is 9.78 Å². The number of carbonyl (C=O) groups is 1. The van der Waals surface area contributed by atoms with E-state index in [1.807, 2.05) is 53.8 Å². The number of aromatic nitrogens is 2. The van der Waals surface area contributed by atoms with Crippen LogP contribution in [-0.2, 0) is 14.3 Å². The Morgan fingerprint density at radius 2 is 1.76 bits per heavy atom. The summed E-state index contributed by atoms with van der Waals surface area (Å²) in [4.78, 5) is 24.5. The Morgan fingerprint density at radius 1 is 1.12 bits per heavy atom. The van der Waals surface area contributed by atoms with Crippen LogP contribution in [0.1, 0.15) is 78.7 Å². The molecular weight excluding hydrogens is 430 g/mol. The molecule has 7 nitrogen and oxygen atoms in total. The van der Waals surface area contributed by atoms with E-state index in [2.05, 4.69) is 28.7 Å². The number of rotatable bonds is 6. The minimum atomic E-state index is -0.926. The molecule has 1 aliphatic heterocycles. The number of nitrogens with zero attached hydrogens (tertiary/aromatic N) is 3. The zero-order valence-corrected chi connectivity index (χ0v) is 21.8. The Bertz CT molecular complexity index is 1000. The molecule has 3 heterocycles. The Labute approximate surface area is 203 Å². The first-order valence-corrected chi connectivity index (χ1v) is 12.1. The third-order valence-corrected chi connectivity index (χ3v) is 6.08. The van der Waals surface area contributed by atoms with E-state index in [0.29, 0.717) is 0 Å². The summed E-state index contributed by atoms with van der Waals surface area (Å²) in [6.07, 6.45) is 4.32. The van der Waals surface area contributed by atoms with E-state index >= 15 is 0 Å². The molecule has 1 fully saturated rings. The maximum absolute atomic E-state index is 13.4. The number of hydrogen-bond donors (Lipinski definition) is 1. The van der Waals surface area contributed by atoms with Crippen molar-refractivity contribution in [3.05, 3.63) is 35.8 Å². The summed E-state index contributed by atoms with van der Waals surface area (Å²) >= 11 is 0. The summed E-state index contributed by atoms with van der Waals surface area (Å²) in [6, 6.07) is 3.38. The second-order valence-electron chi connectivity index (χ2n) is 11.2. The standard InChI is InChI=1S/C27H39N3O4/c1-17(2)33-25(32)24(34-26(4,5)6)22-18(3)28-16-20(19-9-10-21(31)29-15-19)23(22)30-13-11-27(7,8)12-14-30/h9-10,15-17,24H,11-14H2,1-8H3,(H,29,31)/t24-/m0/s1. The highest BCUT2D eigenvalue weighted by molar-refractivity contribution is 5.87. The number of anilines is 1. The number of ether oxygens (including phenoxy) is 2. The lowest BCUT2D eigenvalue weighted by Gasteiger charge is -2.41. The zero-order chi connectivity index (χ0) is 25.3. The van der Waals surface area contributed by atoms with Gasteiger partial charge in [-0.1, -0.05) is 13.8 Å². The highest BCUT2D eigenvalue weighted by atomic mass is 16.6. The molecule has 1 aliphatic rings. The fraction of sp³-hybridized carbons (Fsp3) is 0.593. The predicted octanol–water partition coefficient (Wildman–Crippen LogP) is 5.59. The van der Waals surface area contributed by atoms with Gasteiger partial charge >= 0.3 is 5.97 Å². The van der Waals surface area contributed by atoms with Crippen LogP contribution >= 0.6 is 0 Å². The molecule has 1 saturated heterocycles. The van der Waals surface area contributed by atoms with Crippen LogP contribution in [0.4, 0.5) is 5.69 Å².